The Hall–Kier alpha value is -2.44. The Morgan fingerprint density at radius 3 is 2.93 bits per heavy atom. The van der Waals surface area contributed by atoms with Crippen molar-refractivity contribution >= 4 is 11.9 Å². The number of benzene rings is 1. The van der Waals surface area contributed by atoms with Gasteiger partial charge in [0, 0.05) is 32.1 Å². The van der Waals surface area contributed by atoms with Gasteiger partial charge in [-0.05, 0) is 44.7 Å². The first-order valence-electron chi connectivity index (χ1n) is 9.64. The van der Waals surface area contributed by atoms with Gasteiger partial charge in [0.05, 0.1) is 13.7 Å². The molecule has 2 rings (SSSR count). The van der Waals surface area contributed by atoms with Crippen molar-refractivity contribution in [2.45, 2.75) is 39.2 Å². The summed E-state index contributed by atoms with van der Waals surface area (Å²) in [6.45, 7) is 7.12. The zero-order valence-corrected chi connectivity index (χ0v) is 16.6. The number of rotatable bonds is 8. The van der Waals surface area contributed by atoms with Crippen molar-refractivity contribution in [2.75, 3.05) is 33.3 Å². The number of nitrogens with zero attached hydrogens (tertiary/aromatic N) is 2. The molecule has 2 unspecified atom stereocenters. The van der Waals surface area contributed by atoms with E-state index in [9.17, 15) is 4.79 Å². The fourth-order valence-electron chi connectivity index (χ4n) is 3.29. The number of amides is 1. The van der Waals surface area contributed by atoms with E-state index >= 15 is 0 Å². The van der Waals surface area contributed by atoms with Crippen LogP contribution in [-0.2, 0) is 4.79 Å². The fraction of sp³-hybridized carbons (Fsp3) is 0.600. The van der Waals surface area contributed by atoms with Gasteiger partial charge in [0.2, 0.25) is 5.91 Å². The molecule has 1 heterocycles. The van der Waals surface area contributed by atoms with E-state index in [0.717, 1.165) is 49.9 Å². The summed E-state index contributed by atoms with van der Waals surface area (Å²) in [7, 11) is 1.64. The van der Waals surface area contributed by atoms with Crippen molar-refractivity contribution in [3.63, 3.8) is 0 Å². The summed E-state index contributed by atoms with van der Waals surface area (Å²) < 4.78 is 11.2. The molecule has 3 N–H and O–H groups in total. The van der Waals surface area contributed by atoms with Crippen LogP contribution in [0.25, 0.3) is 0 Å². The van der Waals surface area contributed by atoms with Gasteiger partial charge in [-0.25, -0.2) is 4.99 Å². The third-order valence-electron chi connectivity index (χ3n) is 4.52. The van der Waals surface area contributed by atoms with Gasteiger partial charge in [0.15, 0.2) is 5.96 Å². The highest BCUT2D eigenvalue weighted by Crippen LogP contribution is 2.21. The van der Waals surface area contributed by atoms with E-state index in [2.05, 4.69) is 17.1 Å². The van der Waals surface area contributed by atoms with Gasteiger partial charge in [-0.2, -0.15) is 0 Å². The highest BCUT2D eigenvalue weighted by atomic mass is 16.5. The zero-order chi connectivity index (χ0) is 19.6. The zero-order valence-electron chi connectivity index (χ0n) is 16.6. The van der Waals surface area contributed by atoms with Crippen LogP contribution in [0.3, 0.4) is 0 Å². The van der Waals surface area contributed by atoms with Gasteiger partial charge in [-0.1, -0.05) is 6.07 Å². The summed E-state index contributed by atoms with van der Waals surface area (Å²) in [6, 6.07) is 7.57. The molecule has 1 aliphatic rings. The molecular formula is C20H32N4O3. The number of nitrogens with one attached hydrogen (secondary N) is 1. The summed E-state index contributed by atoms with van der Waals surface area (Å²) in [5.41, 5.74) is 5.37. The van der Waals surface area contributed by atoms with Crippen molar-refractivity contribution in [2.24, 2.45) is 16.6 Å². The second-order valence-electron chi connectivity index (χ2n) is 6.93. The topological polar surface area (TPSA) is 89.2 Å². The third kappa shape index (κ3) is 7.00. The highest BCUT2D eigenvalue weighted by molar-refractivity contribution is 5.80. The number of methoxy groups -OCH3 is 1. The minimum atomic E-state index is -0.232. The van der Waals surface area contributed by atoms with E-state index in [1.807, 2.05) is 31.2 Å². The average molecular weight is 377 g/mol. The molecule has 0 saturated carbocycles. The maximum Gasteiger partial charge on any atom is 0.217 e. The number of piperidine rings is 1. The molecule has 1 aromatic carbocycles. The largest absolute Gasteiger partial charge is 0.497 e. The Morgan fingerprint density at radius 2 is 2.22 bits per heavy atom. The molecule has 0 radical (unpaired) electrons. The van der Waals surface area contributed by atoms with Crippen LogP contribution in [0, 0.1) is 5.92 Å². The smallest absolute Gasteiger partial charge is 0.217 e. The van der Waals surface area contributed by atoms with Crippen molar-refractivity contribution in [1.29, 1.82) is 0 Å². The first-order valence-corrected chi connectivity index (χ1v) is 9.64. The monoisotopic (exact) mass is 376 g/mol. The molecule has 1 amide bonds. The van der Waals surface area contributed by atoms with Gasteiger partial charge in [-0.15, -0.1) is 0 Å². The number of carbonyl (C=O) groups excluding carboxylic acids is 1. The predicted octanol–water partition coefficient (Wildman–Crippen LogP) is 2.02. The maximum absolute atomic E-state index is 11.2. The van der Waals surface area contributed by atoms with Crippen LogP contribution in [0.4, 0.5) is 0 Å². The summed E-state index contributed by atoms with van der Waals surface area (Å²) in [6.07, 6.45) is 2.44. The SMILES string of the molecule is CCNC(=NCC(C)Oc1cccc(OC)c1)N1CCCC(CC(N)=O)C1. The number of guanidine groups is 1. The van der Waals surface area contributed by atoms with E-state index in [1.165, 1.54) is 0 Å². The van der Waals surface area contributed by atoms with Crippen molar-refractivity contribution < 1.29 is 14.3 Å². The third-order valence-corrected chi connectivity index (χ3v) is 4.52. The van der Waals surface area contributed by atoms with Crippen molar-refractivity contribution in [1.82, 2.24) is 10.2 Å². The van der Waals surface area contributed by atoms with Crippen LogP contribution in [0.1, 0.15) is 33.1 Å². The quantitative estimate of drug-likeness (QED) is 0.535. The van der Waals surface area contributed by atoms with E-state index in [0.29, 0.717) is 18.9 Å². The van der Waals surface area contributed by atoms with E-state index in [1.54, 1.807) is 7.11 Å². The van der Waals surface area contributed by atoms with Crippen LogP contribution in [-0.4, -0.2) is 56.2 Å². The minimum Gasteiger partial charge on any atom is -0.497 e. The van der Waals surface area contributed by atoms with Gasteiger partial charge in [0.1, 0.15) is 17.6 Å². The standard InChI is InChI=1S/C20H32N4O3/c1-4-22-20(24-10-6-7-16(14-24)11-19(21)25)23-13-15(2)27-18-9-5-8-17(12-18)26-3/h5,8-9,12,15-16H,4,6-7,10-11,13-14H2,1-3H3,(H2,21,25)(H,22,23). The molecule has 150 valence electrons. The number of hydrogen-bond donors (Lipinski definition) is 2. The van der Waals surface area contributed by atoms with Crippen molar-refractivity contribution in [3.05, 3.63) is 24.3 Å². The van der Waals surface area contributed by atoms with Crippen LogP contribution in [0.5, 0.6) is 11.5 Å². The van der Waals surface area contributed by atoms with E-state index < -0.39 is 0 Å². The summed E-state index contributed by atoms with van der Waals surface area (Å²) >= 11 is 0. The molecule has 27 heavy (non-hydrogen) atoms. The van der Waals surface area contributed by atoms with Gasteiger partial charge >= 0.3 is 0 Å². The molecule has 0 aromatic heterocycles. The van der Waals surface area contributed by atoms with E-state index in [-0.39, 0.29) is 12.0 Å². The molecule has 0 bridgehead atoms. The first kappa shape index (κ1) is 20.9. The van der Waals surface area contributed by atoms with Crippen LogP contribution in [0.2, 0.25) is 0 Å². The molecule has 1 aromatic rings. The number of hydrogen-bond acceptors (Lipinski definition) is 4. The summed E-state index contributed by atoms with van der Waals surface area (Å²) in [5, 5.41) is 3.35. The molecule has 2 atom stereocenters. The van der Waals surface area contributed by atoms with Gasteiger partial charge in [0.25, 0.3) is 0 Å². The number of aliphatic imine (C=N–C) groups is 1. The molecule has 7 nitrogen and oxygen atoms in total. The first-order chi connectivity index (χ1) is 13.0. The average Bonchev–Trinajstić information content (AvgIpc) is 2.65. The molecule has 1 aliphatic heterocycles. The van der Waals surface area contributed by atoms with E-state index in [4.69, 9.17) is 20.2 Å². The van der Waals surface area contributed by atoms with Crippen molar-refractivity contribution in [3.8, 4) is 11.5 Å². The van der Waals surface area contributed by atoms with Crippen LogP contribution in [0.15, 0.2) is 29.3 Å². The lowest BCUT2D eigenvalue weighted by molar-refractivity contribution is -0.119. The lowest BCUT2D eigenvalue weighted by Crippen LogP contribution is -2.47. The Kier molecular flexibility index (Phi) is 8.23. The maximum atomic E-state index is 11.2. The number of primary amides is 1. The number of nitrogens with two attached hydrogens (primary N) is 1. The second-order valence-corrected chi connectivity index (χ2v) is 6.93. The van der Waals surface area contributed by atoms with Gasteiger partial charge < -0.3 is 25.4 Å². The molecular weight excluding hydrogens is 344 g/mol. The molecule has 0 aliphatic carbocycles. The molecule has 7 heteroatoms. The Labute approximate surface area is 161 Å². The highest BCUT2D eigenvalue weighted by Gasteiger charge is 2.23. The summed E-state index contributed by atoms with van der Waals surface area (Å²) in [4.78, 5) is 18.2. The Balaban J connectivity index is 1.96. The Bertz CT molecular complexity index is 635. The predicted molar refractivity (Wildman–Crippen MR) is 107 cm³/mol. The normalized spacial score (nSPS) is 18.7. The Morgan fingerprint density at radius 1 is 1.44 bits per heavy atom. The molecule has 1 saturated heterocycles. The molecule has 1 fully saturated rings. The number of ether oxygens (including phenoxy) is 2. The fourth-order valence-corrected chi connectivity index (χ4v) is 3.29. The lowest BCUT2D eigenvalue weighted by Gasteiger charge is -2.34. The number of carbonyl (C=O) groups is 1. The summed E-state index contributed by atoms with van der Waals surface area (Å²) in [5.74, 6) is 2.47. The van der Waals surface area contributed by atoms with Crippen LogP contribution >= 0.6 is 0 Å². The second kappa shape index (κ2) is 10.6. The number of likely N-dealkylation sites (tertiary alicyclic amines) is 1. The lowest BCUT2D eigenvalue weighted by atomic mass is 9.95. The minimum absolute atomic E-state index is 0.0723. The van der Waals surface area contributed by atoms with Gasteiger partial charge in [-0.3, -0.25) is 4.79 Å². The molecule has 0 spiro atoms. The van der Waals surface area contributed by atoms with Crippen LogP contribution < -0.4 is 20.5 Å².